The molecule has 3 aromatic rings. The Morgan fingerprint density at radius 3 is 2.42 bits per heavy atom. The summed E-state index contributed by atoms with van der Waals surface area (Å²) in [5.74, 6) is 0.525. The Balaban J connectivity index is 2.06. The smallest absolute Gasteiger partial charge is 0.150 e. The molecule has 0 saturated carbocycles. The van der Waals surface area contributed by atoms with E-state index in [-0.39, 0.29) is 0 Å². The van der Waals surface area contributed by atoms with Crippen molar-refractivity contribution in [3.8, 4) is 0 Å². The molecule has 1 N–H and O–H groups in total. The predicted octanol–water partition coefficient (Wildman–Crippen LogP) is 5.04. The van der Waals surface area contributed by atoms with E-state index < -0.39 is 6.10 Å². The first-order chi connectivity index (χ1) is 9.15. The van der Waals surface area contributed by atoms with E-state index in [4.69, 9.17) is 4.42 Å². The van der Waals surface area contributed by atoms with E-state index in [1.165, 1.54) is 0 Å². The lowest BCUT2D eigenvalue weighted by atomic mass is 10.0. The second-order valence-corrected chi connectivity index (χ2v) is 6.06. The van der Waals surface area contributed by atoms with Crippen LogP contribution in [0.2, 0.25) is 0 Å². The van der Waals surface area contributed by atoms with E-state index in [0.29, 0.717) is 5.76 Å². The summed E-state index contributed by atoms with van der Waals surface area (Å²) in [6.45, 7) is 0. The first-order valence-electron chi connectivity index (χ1n) is 5.75. The lowest BCUT2D eigenvalue weighted by Gasteiger charge is -2.10. The van der Waals surface area contributed by atoms with Gasteiger partial charge < -0.3 is 9.52 Å². The molecule has 1 heterocycles. The third-order valence-corrected chi connectivity index (χ3v) is 4.18. The molecule has 0 aliphatic carbocycles. The largest absolute Gasteiger partial charge is 0.465 e. The predicted molar refractivity (Wildman–Crippen MR) is 82.1 cm³/mol. The molecule has 3 rings (SSSR count). The molecular formula is C15H10Br2O2. The fourth-order valence-electron chi connectivity index (χ4n) is 2.06. The summed E-state index contributed by atoms with van der Waals surface area (Å²) in [6.07, 6.45) is 0.790. The summed E-state index contributed by atoms with van der Waals surface area (Å²) in [5, 5.41) is 12.6. The van der Waals surface area contributed by atoms with E-state index in [0.717, 1.165) is 25.3 Å². The maximum atomic E-state index is 10.3. The van der Waals surface area contributed by atoms with Crippen LogP contribution in [0.3, 0.4) is 0 Å². The Hall–Kier alpha value is -1.10. The van der Waals surface area contributed by atoms with Crippen LogP contribution < -0.4 is 0 Å². The van der Waals surface area contributed by atoms with Gasteiger partial charge in [0, 0.05) is 4.47 Å². The van der Waals surface area contributed by atoms with Crippen molar-refractivity contribution in [2.24, 2.45) is 0 Å². The minimum Gasteiger partial charge on any atom is -0.465 e. The molecule has 1 atom stereocenters. The van der Waals surface area contributed by atoms with Crippen molar-refractivity contribution in [3.63, 3.8) is 0 Å². The van der Waals surface area contributed by atoms with Crippen molar-refractivity contribution in [1.82, 2.24) is 0 Å². The lowest BCUT2D eigenvalue weighted by molar-refractivity contribution is 0.188. The lowest BCUT2D eigenvalue weighted by Crippen LogP contribution is -1.98. The van der Waals surface area contributed by atoms with Gasteiger partial charge in [0.2, 0.25) is 0 Å². The molecular weight excluding hydrogens is 372 g/mol. The van der Waals surface area contributed by atoms with E-state index in [1.54, 1.807) is 12.3 Å². The van der Waals surface area contributed by atoms with E-state index in [1.807, 2.05) is 36.4 Å². The number of rotatable bonds is 2. The first-order valence-corrected chi connectivity index (χ1v) is 7.34. The van der Waals surface area contributed by atoms with E-state index >= 15 is 0 Å². The second kappa shape index (κ2) is 5.12. The Labute approximate surface area is 127 Å². The van der Waals surface area contributed by atoms with Gasteiger partial charge >= 0.3 is 0 Å². The fourth-order valence-corrected chi connectivity index (χ4v) is 2.85. The third kappa shape index (κ3) is 2.48. The minimum atomic E-state index is -0.766. The number of fused-ring (bicyclic) bond motifs is 1. The van der Waals surface area contributed by atoms with Crippen molar-refractivity contribution >= 4 is 42.6 Å². The third-order valence-electron chi connectivity index (χ3n) is 3.04. The molecule has 19 heavy (non-hydrogen) atoms. The van der Waals surface area contributed by atoms with Gasteiger partial charge in [-0.25, -0.2) is 0 Å². The highest BCUT2D eigenvalue weighted by molar-refractivity contribution is 9.10. The summed E-state index contributed by atoms with van der Waals surface area (Å²) in [4.78, 5) is 0. The Bertz CT molecular complexity index is 734. The molecule has 0 radical (unpaired) electrons. The minimum absolute atomic E-state index is 0.525. The van der Waals surface area contributed by atoms with Gasteiger partial charge in [0.05, 0.1) is 10.7 Å². The monoisotopic (exact) mass is 380 g/mol. The molecule has 1 unspecified atom stereocenters. The molecule has 1 aromatic heterocycles. The second-order valence-electron chi connectivity index (χ2n) is 4.29. The van der Waals surface area contributed by atoms with Crippen LogP contribution in [-0.4, -0.2) is 5.11 Å². The molecule has 0 aliphatic rings. The average molecular weight is 382 g/mol. The molecule has 0 amide bonds. The van der Waals surface area contributed by atoms with Crippen LogP contribution in [0.15, 0.2) is 62.1 Å². The van der Waals surface area contributed by atoms with Crippen LogP contribution in [0, 0.1) is 0 Å². The Kier molecular flexibility index (Phi) is 3.48. The normalized spacial score (nSPS) is 12.8. The number of halogens is 2. The number of aliphatic hydroxyl groups is 1. The topological polar surface area (TPSA) is 33.4 Å². The molecule has 0 saturated heterocycles. The van der Waals surface area contributed by atoms with E-state index in [2.05, 4.69) is 31.9 Å². The number of benzene rings is 2. The van der Waals surface area contributed by atoms with Crippen molar-refractivity contribution in [2.75, 3.05) is 0 Å². The van der Waals surface area contributed by atoms with Crippen LogP contribution >= 0.6 is 31.9 Å². The molecule has 0 spiro atoms. The van der Waals surface area contributed by atoms with Crippen LogP contribution in [-0.2, 0) is 0 Å². The van der Waals surface area contributed by atoms with Gasteiger partial charge in [-0.1, -0.05) is 34.1 Å². The highest BCUT2D eigenvalue weighted by Gasteiger charge is 2.17. The van der Waals surface area contributed by atoms with Gasteiger partial charge in [-0.15, -0.1) is 0 Å². The number of hydrogen-bond donors (Lipinski definition) is 1. The summed E-state index contributed by atoms with van der Waals surface area (Å²) < 4.78 is 7.12. The molecule has 2 nitrogen and oxygen atoms in total. The van der Waals surface area contributed by atoms with Crippen LogP contribution in [0.4, 0.5) is 0 Å². The van der Waals surface area contributed by atoms with Crippen molar-refractivity contribution in [1.29, 1.82) is 0 Å². The Morgan fingerprint density at radius 2 is 1.68 bits per heavy atom. The zero-order valence-corrected chi connectivity index (χ0v) is 13.0. The average Bonchev–Trinajstić information content (AvgIpc) is 2.83. The highest BCUT2D eigenvalue weighted by Crippen LogP contribution is 2.31. The summed E-state index contributed by atoms with van der Waals surface area (Å²) >= 11 is 6.81. The standard InChI is InChI=1S/C15H10Br2O2/c16-12-4-3-9-7-11(2-1-10(9)8-12)14(18)15-13(17)5-6-19-15/h1-8,14,18H. The SMILES string of the molecule is OC(c1ccc2cc(Br)ccc2c1)c1occc1Br. The molecule has 0 bridgehead atoms. The van der Waals surface area contributed by atoms with E-state index in [9.17, 15) is 5.11 Å². The maximum absolute atomic E-state index is 10.3. The zero-order chi connectivity index (χ0) is 13.4. The zero-order valence-electron chi connectivity index (χ0n) is 9.81. The van der Waals surface area contributed by atoms with Crippen molar-refractivity contribution < 1.29 is 9.52 Å². The van der Waals surface area contributed by atoms with Gasteiger partial charge in [0.25, 0.3) is 0 Å². The fraction of sp³-hybridized carbons (Fsp3) is 0.0667. The summed E-state index contributed by atoms with van der Waals surface area (Å²) in [7, 11) is 0. The van der Waals surface area contributed by atoms with Gasteiger partial charge in [0.15, 0.2) is 5.76 Å². The van der Waals surface area contributed by atoms with Gasteiger partial charge in [0.1, 0.15) is 6.10 Å². The number of furan rings is 1. The molecule has 2 aromatic carbocycles. The quantitative estimate of drug-likeness (QED) is 0.674. The summed E-state index contributed by atoms with van der Waals surface area (Å²) in [5.41, 5.74) is 0.811. The Morgan fingerprint density at radius 1 is 0.947 bits per heavy atom. The molecule has 4 heteroatoms. The van der Waals surface area contributed by atoms with Crippen LogP contribution in [0.25, 0.3) is 10.8 Å². The van der Waals surface area contributed by atoms with Gasteiger partial charge in [-0.2, -0.15) is 0 Å². The van der Waals surface area contributed by atoms with Gasteiger partial charge in [-0.3, -0.25) is 0 Å². The number of aliphatic hydroxyl groups excluding tert-OH is 1. The van der Waals surface area contributed by atoms with Crippen molar-refractivity contribution in [3.05, 3.63) is 69.0 Å². The molecule has 0 aliphatic heterocycles. The van der Waals surface area contributed by atoms with Crippen LogP contribution in [0.1, 0.15) is 17.4 Å². The van der Waals surface area contributed by atoms with Crippen LogP contribution in [0.5, 0.6) is 0 Å². The highest BCUT2D eigenvalue weighted by atomic mass is 79.9. The van der Waals surface area contributed by atoms with Gasteiger partial charge in [-0.05, 0) is 56.5 Å². The number of hydrogen-bond acceptors (Lipinski definition) is 2. The maximum Gasteiger partial charge on any atom is 0.150 e. The summed E-state index contributed by atoms with van der Waals surface area (Å²) in [6, 6.07) is 13.7. The van der Waals surface area contributed by atoms with Crippen molar-refractivity contribution in [2.45, 2.75) is 6.10 Å². The molecule has 0 fully saturated rings. The molecule has 96 valence electrons. The first kappa shape index (κ1) is 12.9.